The van der Waals surface area contributed by atoms with Crippen LogP contribution in [0.5, 0.6) is 0 Å². The topological polar surface area (TPSA) is 45.4 Å². The van der Waals surface area contributed by atoms with Crippen molar-refractivity contribution in [3.8, 4) is 0 Å². The molecular weight excluding hydrogens is 232 g/mol. The maximum atomic E-state index is 5.59. The summed E-state index contributed by atoms with van der Waals surface area (Å²) in [6.07, 6.45) is 2.60. The Morgan fingerprint density at radius 2 is 2.41 bits per heavy atom. The van der Waals surface area contributed by atoms with Gasteiger partial charge in [-0.25, -0.2) is 4.98 Å². The number of likely N-dealkylation sites (N-methyl/N-ethyl adjacent to an activating group) is 1. The summed E-state index contributed by atoms with van der Waals surface area (Å²) in [7, 11) is 4.34. The van der Waals surface area contributed by atoms with Gasteiger partial charge in [-0.1, -0.05) is 0 Å². The van der Waals surface area contributed by atoms with Crippen LogP contribution in [0.4, 0.5) is 0 Å². The Hall–Kier alpha value is -0.490. The van der Waals surface area contributed by atoms with Crippen molar-refractivity contribution < 1.29 is 0 Å². The monoisotopic (exact) mass is 254 g/mol. The second-order valence-electron chi connectivity index (χ2n) is 4.93. The third-order valence-electron chi connectivity index (χ3n) is 3.37. The molecular formula is C12H22N4S. The molecule has 17 heavy (non-hydrogen) atoms. The van der Waals surface area contributed by atoms with E-state index >= 15 is 0 Å². The van der Waals surface area contributed by atoms with Gasteiger partial charge in [-0.05, 0) is 33.5 Å². The number of nitrogens with two attached hydrogens (primary N) is 1. The summed E-state index contributed by atoms with van der Waals surface area (Å²) in [6.45, 7) is 3.88. The van der Waals surface area contributed by atoms with Crippen molar-refractivity contribution >= 4 is 11.3 Å². The van der Waals surface area contributed by atoms with Crippen LogP contribution in [0.15, 0.2) is 5.38 Å². The highest BCUT2D eigenvalue weighted by Crippen LogP contribution is 2.17. The van der Waals surface area contributed by atoms with Crippen molar-refractivity contribution in [2.45, 2.75) is 32.0 Å². The molecule has 2 heterocycles. The number of rotatable bonds is 4. The zero-order valence-electron chi connectivity index (χ0n) is 10.7. The largest absolute Gasteiger partial charge is 0.325 e. The fraction of sp³-hybridized carbons (Fsp3) is 0.750. The van der Waals surface area contributed by atoms with Crippen LogP contribution in [0, 0.1) is 0 Å². The molecule has 1 aliphatic heterocycles. The summed E-state index contributed by atoms with van der Waals surface area (Å²) in [5.74, 6) is 0. The first-order valence-electron chi connectivity index (χ1n) is 6.21. The summed E-state index contributed by atoms with van der Waals surface area (Å²) < 4.78 is 0. The molecule has 0 bridgehead atoms. The molecule has 1 atom stereocenters. The predicted molar refractivity (Wildman–Crippen MR) is 72.0 cm³/mol. The van der Waals surface area contributed by atoms with Crippen LogP contribution in [0.3, 0.4) is 0 Å². The van der Waals surface area contributed by atoms with Crippen molar-refractivity contribution in [1.82, 2.24) is 14.8 Å². The zero-order chi connectivity index (χ0) is 12.3. The molecule has 1 aromatic heterocycles. The standard InChI is InChI=1S/C12H22N4S/c1-15(2)11-4-3-5-16(8-11)7-10-9-17-12(6-13)14-10/h9,11H,3-8,13H2,1-2H3. The normalized spacial score (nSPS) is 22.2. The van der Waals surface area contributed by atoms with E-state index in [4.69, 9.17) is 5.73 Å². The van der Waals surface area contributed by atoms with Gasteiger partial charge in [0, 0.05) is 31.1 Å². The van der Waals surface area contributed by atoms with Gasteiger partial charge in [-0.2, -0.15) is 0 Å². The molecule has 0 saturated carbocycles. The van der Waals surface area contributed by atoms with Gasteiger partial charge in [0.1, 0.15) is 5.01 Å². The Morgan fingerprint density at radius 3 is 3.06 bits per heavy atom. The van der Waals surface area contributed by atoms with Crippen molar-refractivity contribution in [3.63, 3.8) is 0 Å². The van der Waals surface area contributed by atoms with Crippen LogP contribution in [-0.2, 0) is 13.1 Å². The van der Waals surface area contributed by atoms with Crippen molar-refractivity contribution in [1.29, 1.82) is 0 Å². The third kappa shape index (κ3) is 3.48. The summed E-state index contributed by atoms with van der Waals surface area (Å²) >= 11 is 1.67. The highest BCUT2D eigenvalue weighted by Gasteiger charge is 2.21. The first-order chi connectivity index (χ1) is 8.19. The molecule has 4 nitrogen and oxygen atoms in total. The molecule has 1 aliphatic rings. The molecule has 1 saturated heterocycles. The van der Waals surface area contributed by atoms with Crippen LogP contribution in [0.1, 0.15) is 23.5 Å². The smallest absolute Gasteiger partial charge is 0.106 e. The van der Waals surface area contributed by atoms with Gasteiger partial charge in [0.25, 0.3) is 0 Å². The lowest BCUT2D eigenvalue weighted by molar-refractivity contribution is 0.127. The van der Waals surface area contributed by atoms with Gasteiger partial charge < -0.3 is 10.6 Å². The second kappa shape index (κ2) is 5.91. The van der Waals surface area contributed by atoms with Crippen molar-refractivity contribution in [2.75, 3.05) is 27.2 Å². The van der Waals surface area contributed by atoms with E-state index < -0.39 is 0 Å². The van der Waals surface area contributed by atoms with E-state index in [2.05, 4.69) is 34.3 Å². The lowest BCUT2D eigenvalue weighted by Crippen LogP contribution is -2.44. The lowest BCUT2D eigenvalue weighted by Gasteiger charge is -2.35. The summed E-state index contributed by atoms with van der Waals surface area (Å²) in [5.41, 5.74) is 6.76. The van der Waals surface area contributed by atoms with Crippen molar-refractivity contribution in [2.24, 2.45) is 5.73 Å². The zero-order valence-corrected chi connectivity index (χ0v) is 11.5. The Labute approximate surface area is 107 Å². The highest BCUT2D eigenvalue weighted by molar-refractivity contribution is 7.09. The van der Waals surface area contributed by atoms with Gasteiger partial charge >= 0.3 is 0 Å². The van der Waals surface area contributed by atoms with Gasteiger partial charge in [0.2, 0.25) is 0 Å². The van der Waals surface area contributed by atoms with Crippen LogP contribution in [0.25, 0.3) is 0 Å². The highest BCUT2D eigenvalue weighted by atomic mass is 32.1. The molecule has 0 radical (unpaired) electrons. The predicted octanol–water partition coefficient (Wildman–Crippen LogP) is 1.13. The lowest BCUT2D eigenvalue weighted by atomic mass is 10.0. The molecule has 0 amide bonds. The van der Waals surface area contributed by atoms with Crippen LogP contribution < -0.4 is 5.73 Å². The molecule has 1 unspecified atom stereocenters. The molecule has 96 valence electrons. The number of hydrogen-bond acceptors (Lipinski definition) is 5. The minimum Gasteiger partial charge on any atom is -0.325 e. The van der Waals surface area contributed by atoms with Crippen molar-refractivity contribution in [3.05, 3.63) is 16.1 Å². The van der Waals surface area contributed by atoms with E-state index in [1.807, 2.05) is 0 Å². The minimum atomic E-state index is 0.561. The Balaban J connectivity index is 1.90. The Kier molecular flexibility index (Phi) is 4.50. The van der Waals surface area contributed by atoms with E-state index in [-0.39, 0.29) is 0 Å². The number of hydrogen-bond donors (Lipinski definition) is 1. The van der Waals surface area contributed by atoms with Gasteiger partial charge in [-0.15, -0.1) is 11.3 Å². The maximum Gasteiger partial charge on any atom is 0.106 e. The summed E-state index contributed by atoms with van der Waals surface area (Å²) in [6, 6.07) is 0.691. The molecule has 5 heteroatoms. The molecule has 2 rings (SSSR count). The number of aromatic nitrogens is 1. The Morgan fingerprint density at radius 1 is 1.59 bits per heavy atom. The summed E-state index contributed by atoms with van der Waals surface area (Å²) in [5, 5.41) is 3.18. The minimum absolute atomic E-state index is 0.561. The number of nitrogens with zero attached hydrogens (tertiary/aromatic N) is 3. The first-order valence-corrected chi connectivity index (χ1v) is 7.09. The number of thiazole rings is 1. The number of piperidine rings is 1. The van der Waals surface area contributed by atoms with E-state index in [1.54, 1.807) is 11.3 Å². The first kappa shape index (κ1) is 13.0. The summed E-state index contributed by atoms with van der Waals surface area (Å²) in [4.78, 5) is 9.37. The SMILES string of the molecule is CN(C)C1CCCN(Cc2csc(CN)n2)C1. The van der Waals surface area contributed by atoms with Crippen LogP contribution in [0.2, 0.25) is 0 Å². The second-order valence-corrected chi connectivity index (χ2v) is 5.87. The van der Waals surface area contributed by atoms with Gasteiger partial charge in [-0.3, -0.25) is 4.90 Å². The Bertz CT molecular complexity index is 350. The third-order valence-corrected chi connectivity index (χ3v) is 4.29. The molecule has 1 aromatic rings. The van der Waals surface area contributed by atoms with E-state index in [0.717, 1.165) is 18.1 Å². The quantitative estimate of drug-likeness (QED) is 0.875. The van der Waals surface area contributed by atoms with E-state index in [9.17, 15) is 0 Å². The molecule has 0 aliphatic carbocycles. The molecule has 1 fully saturated rings. The van der Waals surface area contributed by atoms with E-state index in [1.165, 1.54) is 25.1 Å². The fourth-order valence-corrected chi connectivity index (χ4v) is 3.01. The van der Waals surface area contributed by atoms with E-state index in [0.29, 0.717) is 12.6 Å². The average Bonchev–Trinajstić information content (AvgIpc) is 2.77. The van der Waals surface area contributed by atoms with Crippen LogP contribution >= 0.6 is 11.3 Å². The fourth-order valence-electron chi connectivity index (χ4n) is 2.34. The van der Waals surface area contributed by atoms with Gasteiger partial charge in [0.15, 0.2) is 0 Å². The number of likely N-dealkylation sites (tertiary alicyclic amines) is 1. The van der Waals surface area contributed by atoms with Gasteiger partial charge in [0.05, 0.1) is 5.69 Å². The average molecular weight is 254 g/mol. The molecule has 0 aromatic carbocycles. The molecule has 2 N–H and O–H groups in total. The molecule has 0 spiro atoms. The van der Waals surface area contributed by atoms with Crippen LogP contribution in [-0.4, -0.2) is 48.0 Å². The maximum absolute atomic E-state index is 5.59.